The summed E-state index contributed by atoms with van der Waals surface area (Å²) in [5.74, 6) is 0. The van der Waals surface area contributed by atoms with Gasteiger partial charge in [0.05, 0.1) is 22.1 Å². The average Bonchev–Trinajstić information content (AvgIpc) is 3.22. The van der Waals surface area contributed by atoms with Gasteiger partial charge >= 0.3 is 0 Å². The largest absolute Gasteiger partial charge is 0.309 e. The first-order chi connectivity index (χ1) is 13.3. The first-order valence-corrected chi connectivity index (χ1v) is 9.44. The van der Waals surface area contributed by atoms with Crippen molar-refractivity contribution in [2.75, 3.05) is 0 Å². The van der Waals surface area contributed by atoms with Gasteiger partial charge < -0.3 is 4.57 Å². The Kier molecular flexibility index (Phi) is 3.00. The van der Waals surface area contributed by atoms with Crippen molar-refractivity contribution in [1.82, 2.24) is 8.54 Å². The van der Waals surface area contributed by atoms with Crippen molar-refractivity contribution < 1.29 is 0 Å². The van der Waals surface area contributed by atoms with Crippen molar-refractivity contribution in [2.45, 2.75) is 0 Å². The van der Waals surface area contributed by atoms with Gasteiger partial charge in [0.25, 0.3) is 0 Å². The summed E-state index contributed by atoms with van der Waals surface area (Å²) in [6, 6.07) is 32.1. The van der Waals surface area contributed by atoms with E-state index in [1.54, 1.807) is 0 Å². The Bertz CT molecular complexity index is 1470. The third-order valence-electron chi connectivity index (χ3n) is 5.46. The molecule has 3 heteroatoms. The molecule has 0 aliphatic heterocycles. The summed E-state index contributed by atoms with van der Waals surface area (Å²) in [6.07, 6.45) is 0. The second kappa shape index (κ2) is 5.41. The molecule has 0 atom stereocenters. The van der Waals surface area contributed by atoms with Crippen molar-refractivity contribution in [1.29, 1.82) is 0 Å². The van der Waals surface area contributed by atoms with E-state index in [9.17, 15) is 0 Å². The van der Waals surface area contributed by atoms with E-state index < -0.39 is 0 Å². The van der Waals surface area contributed by atoms with Crippen LogP contribution in [0.25, 0.3) is 49.3 Å². The molecule has 0 saturated carbocycles. The van der Waals surface area contributed by atoms with Crippen LogP contribution >= 0.6 is 12.8 Å². The first-order valence-electron chi connectivity index (χ1n) is 9.04. The zero-order valence-corrected chi connectivity index (χ0v) is 15.4. The molecule has 6 aromatic rings. The van der Waals surface area contributed by atoms with Crippen LogP contribution in [0.3, 0.4) is 0 Å². The standard InChI is InChI=1S/C24H16N2S/c27-26-21-13-7-4-10-17(21)18-14-15-22-23(24(18)26)19-11-5-6-12-20(19)25(22)16-8-2-1-3-9-16/h1-15,27H. The molecule has 0 N–H and O–H groups in total. The van der Waals surface area contributed by atoms with Gasteiger partial charge in [0.2, 0.25) is 0 Å². The van der Waals surface area contributed by atoms with Crippen LogP contribution in [0.1, 0.15) is 0 Å². The number of hydrogen-bond acceptors (Lipinski definition) is 1. The summed E-state index contributed by atoms with van der Waals surface area (Å²) in [6.45, 7) is 0. The fourth-order valence-corrected chi connectivity index (χ4v) is 4.72. The van der Waals surface area contributed by atoms with Crippen LogP contribution in [0, 0.1) is 0 Å². The van der Waals surface area contributed by atoms with Crippen LogP contribution in [-0.2, 0) is 0 Å². The van der Waals surface area contributed by atoms with E-state index in [1.165, 1.54) is 43.8 Å². The zero-order valence-electron chi connectivity index (χ0n) is 14.5. The van der Waals surface area contributed by atoms with Crippen molar-refractivity contribution in [3.8, 4) is 5.69 Å². The maximum atomic E-state index is 4.87. The van der Waals surface area contributed by atoms with Gasteiger partial charge in [0, 0.05) is 27.2 Å². The molecule has 0 unspecified atom stereocenters. The van der Waals surface area contributed by atoms with Gasteiger partial charge in [-0.05, 0) is 30.3 Å². The predicted octanol–water partition coefficient (Wildman–Crippen LogP) is 6.58. The van der Waals surface area contributed by atoms with Crippen LogP contribution in [0.15, 0.2) is 91.0 Å². The lowest BCUT2D eigenvalue weighted by atomic mass is 10.1. The molecule has 0 fully saturated rings. The van der Waals surface area contributed by atoms with Crippen LogP contribution in [0.2, 0.25) is 0 Å². The topological polar surface area (TPSA) is 9.86 Å². The highest BCUT2D eigenvalue weighted by Crippen LogP contribution is 2.40. The number of aromatic nitrogens is 2. The van der Waals surface area contributed by atoms with E-state index in [2.05, 4.69) is 95.6 Å². The molecular weight excluding hydrogens is 348 g/mol. The number of para-hydroxylation sites is 3. The van der Waals surface area contributed by atoms with Crippen molar-refractivity contribution in [3.05, 3.63) is 91.0 Å². The number of thiol groups is 1. The minimum absolute atomic E-state index is 1.14. The third kappa shape index (κ3) is 1.92. The summed E-state index contributed by atoms with van der Waals surface area (Å²) < 4.78 is 4.38. The minimum atomic E-state index is 1.14. The van der Waals surface area contributed by atoms with Gasteiger partial charge in [0.15, 0.2) is 0 Å². The number of benzene rings is 4. The summed E-state index contributed by atoms with van der Waals surface area (Å²) >= 11 is 4.87. The Labute approximate surface area is 161 Å². The highest BCUT2D eigenvalue weighted by Gasteiger charge is 2.18. The van der Waals surface area contributed by atoms with Gasteiger partial charge in [-0.1, -0.05) is 73.5 Å². The number of rotatable bonds is 1. The van der Waals surface area contributed by atoms with Crippen molar-refractivity contribution in [2.24, 2.45) is 0 Å². The molecule has 0 amide bonds. The molecule has 6 rings (SSSR count). The fourth-order valence-electron chi connectivity index (χ4n) is 4.34. The van der Waals surface area contributed by atoms with E-state index in [0.717, 1.165) is 5.52 Å². The average molecular weight is 364 g/mol. The molecule has 4 aromatic carbocycles. The maximum Gasteiger partial charge on any atom is 0.0702 e. The van der Waals surface area contributed by atoms with E-state index in [1.807, 2.05) is 3.97 Å². The fraction of sp³-hybridized carbons (Fsp3) is 0. The number of hydrogen-bond donors (Lipinski definition) is 1. The Morgan fingerprint density at radius 3 is 2.00 bits per heavy atom. The lowest BCUT2D eigenvalue weighted by Gasteiger charge is -2.07. The van der Waals surface area contributed by atoms with Crippen LogP contribution in [0.4, 0.5) is 0 Å². The van der Waals surface area contributed by atoms with E-state index in [0.29, 0.717) is 0 Å². The Hall–Kier alpha value is -3.17. The van der Waals surface area contributed by atoms with Gasteiger partial charge in [-0.2, -0.15) is 0 Å². The highest BCUT2D eigenvalue weighted by atomic mass is 32.1. The molecule has 0 aliphatic rings. The normalized spacial score (nSPS) is 11.9. The lowest BCUT2D eigenvalue weighted by Crippen LogP contribution is -1.92. The van der Waals surface area contributed by atoms with E-state index in [-0.39, 0.29) is 0 Å². The number of fused-ring (bicyclic) bond motifs is 7. The molecular formula is C24H16N2S. The summed E-state index contributed by atoms with van der Waals surface area (Å²) in [5.41, 5.74) is 5.89. The lowest BCUT2D eigenvalue weighted by molar-refractivity contribution is 1.18. The Morgan fingerprint density at radius 2 is 1.19 bits per heavy atom. The third-order valence-corrected chi connectivity index (χ3v) is 5.88. The van der Waals surface area contributed by atoms with Crippen LogP contribution in [-0.4, -0.2) is 8.54 Å². The molecule has 2 heterocycles. The second-order valence-electron chi connectivity index (χ2n) is 6.87. The van der Waals surface area contributed by atoms with Crippen LogP contribution in [0.5, 0.6) is 0 Å². The highest BCUT2D eigenvalue weighted by molar-refractivity contribution is 7.79. The maximum absolute atomic E-state index is 4.87. The smallest absolute Gasteiger partial charge is 0.0702 e. The molecule has 0 bridgehead atoms. The summed E-state index contributed by atoms with van der Waals surface area (Å²) in [5, 5.41) is 4.98. The molecule has 0 aliphatic carbocycles. The van der Waals surface area contributed by atoms with Gasteiger partial charge in [-0.3, -0.25) is 3.97 Å². The summed E-state index contributed by atoms with van der Waals surface area (Å²) in [7, 11) is 0. The van der Waals surface area contributed by atoms with Crippen molar-refractivity contribution >= 4 is 56.4 Å². The van der Waals surface area contributed by atoms with Crippen LogP contribution < -0.4 is 0 Å². The van der Waals surface area contributed by atoms with Gasteiger partial charge in [0.1, 0.15) is 0 Å². The molecule has 0 saturated heterocycles. The zero-order chi connectivity index (χ0) is 18.0. The molecule has 0 radical (unpaired) electrons. The molecule has 27 heavy (non-hydrogen) atoms. The summed E-state index contributed by atoms with van der Waals surface area (Å²) in [4.78, 5) is 0. The first kappa shape index (κ1) is 14.9. The van der Waals surface area contributed by atoms with Crippen molar-refractivity contribution in [3.63, 3.8) is 0 Å². The predicted molar refractivity (Wildman–Crippen MR) is 118 cm³/mol. The monoisotopic (exact) mass is 364 g/mol. The SMILES string of the molecule is Sn1c2ccccc2c2ccc3c(c4ccccc4n3-c3ccccc3)c21. The number of nitrogens with zero attached hydrogens (tertiary/aromatic N) is 2. The molecule has 2 nitrogen and oxygen atoms in total. The molecule has 128 valence electrons. The quantitative estimate of drug-likeness (QED) is 0.316. The van der Waals surface area contributed by atoms with E-state index in [4.69, 9.17) is 12.8 Å². The Morgan fingerprint density at radius 1 is 0.519 bits per heavy atom. The van der Waals surface area contributed by atoms with Gasteiger partial charge in [-0.25, -0.2) is 0 Å². The van der Waals surface area contributed by atoms with Gasteiger partial charge in [-0.15, -0.1) is 0 Å². The minimum Gasteiger partial charge on any atom is -0.309 e. The second-order valence-corrected chi connectivity index (χ2v) is 7.27. The molecule has 0 spiro atoms. The molecule has 2 aromatic heterocycles. The Balaban J connectivity index is 1.92. The van der Waals surface area contributed by atoms with E-state index >= 15 is 0 Å².